The minimum absolute atomic E-state index is 0.236. The number of nitrogens with zero attached hydrogens (tertiary/aromatic N) is 1. The minimum Gasteiger partial charge on any atom is -0.317 e. The molecule has 0 heterocycles. The van der Waals surface area contributed by atoms with Crippen LogP contribution in [0, 0.1) is 16.7 Å². The van der Waals surface area contributed by atoms with Gasteiger partial charge in [0.15, 0.2) is 0 Å². The van der Waals surface area contributed by atoms with Crippen molar-refractivity contribution in [1.82, 2.24) is 5.32 Å². The van der Waals surface area contributed by atoms with Crippen LogP contribution < -0.4 is 5.32 Å². The van der Waals surface area contributed by atoms with Gasteiger partial charge >= 0.3 is 0 Å². The summed E-state index contributed by atoms with van der Waals surface area (Å²) in [7, 11) is -0.682. The van der Waals surface area contributed by atoms with Crippen molar-refractivity contribution in [2.75, 3.05) is 25.1 Å². The van der Waals surface area contributed by atoms with Crippen LogP contribution in [-0.2, 0) is 10.8 Å². The zero-order valence-electron chi connectivity index (χ0n) is 9.30. The molecule has 0 aliphatic carbocycles. The first-order chi connectivity index (χ1) is 6.48. The summed E-state index contributed by atoms with van der Waals surface area (Å²) in [4.78, 5) is 0. The zero-order chi connectivity index (χ0) is 11.0. The van der Waals surface area contributed by atoms with E-state index in [2.05, 4.69) is 11.4 Å². The molecule has 1 atom stereocenters. The molecule has 3 nitrogen and oxygen atoms in total. The number of rotatable bonds is 7. The Balaban J connectivity index is 3.31. The molecular formula is C10H20N2OS. The van der Waals surface area contributed by atoms with Crippen molar-refractivity contribution >= 4 is 10.8 Å². The maximum absolute atomic E-state index is 10.7. The highest BCUT2D eigenvalue weighted by molar-refractivity contribution is 7.84. The van der Waals surface area contributed by atoms with E-state index in [1.165, 1.54) is 0 Å². The first-order valence-corrected chi connectivity index (χ1v) is 6.63. The number of nitrogens with one attached hydrogen (secondary N) is 1. The Morgan fingerprint density at radius 3 is 2.57 bits per heavy atom. The number of nitriles is 1. The van der Waals surface area contributed by atoms with Crippen molar-refractivity contribution in [3.63, 3.8) is 0 Å². The molecule has 0 saturated carbocycles. The second kappa shape index (κ2) is 6.97. The monoisotopic (exact) mass is 216 g/mol. The molecule has 14 heavy (non-hydrogen) atoms. The van der Waals surface area contributed by atoms with E-state index in [-0.39, 0.29) is 5.41 Å². The van der Waals surface area contributed by atoms with Crippen LogP contribution in [0.2, 0.25) is 0 Å². The molecule has 0 aliphatic heterocycles. The van der Waals surface area contributed by atoms with E-state index in [0.717, 1.165) is 31.7 Å². The van der Waals surface area contributed by atoms with Gasteiger partial charge in [-0.25, -0.2) is 0 Å². The third kappa shape index (κ3) is 8.21. The van der Waals surface area contributed by atoms with E-state index < -0.39 is 10.8 Å². The van der Waals surface area contributed by atoms with Gasteiger partial charge in [0.1, 0.15) is 0 Å². The molecule has 0 aromatic rings. The molecule has 0 rings (SSSR count). The number of hydrogen-bond donors (Lipinski definition) is 1. The Bertz CT molecular complexity index is 221. The van der Waals surface area contributed by atoms with Crippen LogP contribution in [0.5, 0.6) is 0 Å². The zero-order valence-corrected chi connectivity index (χ0v) is 10.1. The van der Waals surface area contributed by atoms with E-state index in [1.54, 1.807) is 6.26 Å². The Morgan fingerprint density at radius 2 is 2.07 bits per heavy atom. The molecule has 0 bridgehead atoms. The van der Waals surface area contributed by atoms with Gasteiger partial charge in [-0.1, -0.05) is 0 Å². The average Bonchev–Trinajstić information content (AvgIpc) is 2.10. The molecule has 1 N–H and O–H groups in total. The van der Waals surface area contributed by atoms with Gasteiger partial charge in [-0.15, -0.1) is 0 Å². The quantitative estimate of drug-likeness (QED) is 0.652. The fourth-order valence-electron chi connectivity index (χ4n) is 0.982. The average molecular weight is 216 g/mol. The molecule has 0 aromatic heterocycles. The summed E-state index contributed by atoms with van der Waals surface area (Å²) in [6, 6.07) is 2.26. The summed E-state index contributed by atoms with van der Waals surface area (Å²) < 4.78 is 10.7. The predicted octanol–water partition coefficient (Wildman–Crippen LogP) is 1.28. The Hall–Kier alpha value is -0.400. The van der Waals surface area contributed by atoms with Crippen LogP contribution in [-0.4, -0.2) is 29.3 Å². The Kier molecular flexibility index (Phi) is 6.77. The van der Waals surface area contributed by atoms with E-state index in [9.17, 15) is 4.21 Å². The van der Waals surface area contributed by atoms with Gasteiger partial charge in [-0.05, 0) is 39.8 Å². The fraction of sp³-hybridized carbons (Fsp3) is 0.900. The second-order valence-electron chi connectivity index (χ2n) is 4.13. The maximum atomic E-state index is 10.7. The molecule has 1 unspecified atom stereocenters. The summed E-state index contributed by atoms with van der Waals surface area (Å²) >= 11 is 0. The normalized spacial score (nSPS) is 13.6. The standard InChI is InChI=1S/C10H20N2OS/c1-10(2,9-11)5-7-12-6-4-8-14(3)13/h12H,4-8H2,1-3H3. The van der Waals surface area contributed by atoms with Gasteiger partial charge in [0.2, 0.25) is 0 Å². The van der Waals surface area contributed by atoms with E-state index >= 15 is 0 Å². The molecule has 0 aliphatic rings. The van der Waals surface area contributed by atoms with E-state index in [0.29, 0.717) is 0 Å². The van der Waals surface area contributed by atoms with Gasteiger partial charge < -0.3 is 5.32 Å². The van der Waals surface area contributed by atoms with Crippen LogP contribution in [0.3, 0.4) is 0 Å². The van der Waals surface area contributed by atoms with E-state index in [4.69, 9.17) is 5.26 Å². The predicted molar refractivity (Wildman–Crippen MR) is 60.4 cm³/mol. The maximum Gasteiger partial charge on any atom is 0.0684 e. The first-order valence-electron chi connectivity index (χ1n) is 4.90. The SMILES string of the molecule is CS(=O)CCCNCCC(C)(C)C#N. The molecule has 0 fully saturated rings. The topological polar surface area (TPSA) is 52.9 Å². The smallest absolute Gasteiger partial charge is 0.0684 e. The highest BCUT2D eigenvalue weighted by Crippen LogP contribution is 2.16. The van der Waals surface area contributed by atoms with Gasteiger partial charge in [-0.2, -0.15) is 5.26 Å². The summed E-state index contributed by atoms with van der Waals surface area (Å²) in [5, 5.41) is 12.0. The van der Waals surface area contributed by atoms with Crippen LogP contribution in [0.15, 0.2) is 0 Å². The molecule has 0 saturated heterocycles. The first kappa shape index (κ1) is 13.6. The Morgan fingerprint density at radius 1 is 1.43 bits per heavy atom. The highest BCUT2D eigenvalue weighted by atomic mass is 32.2. The minimum atomic E-state index is -0.682. The molecule has 0 aromatic carbocycles. The van der Waals surface area contributed by atoms with Crippen LogP contribution in [0.25, 0.3) is 0 Å². The number of hydrogen-bond acceptors (Lipinski definition) is 3. The van der Waals surface area contributed by atoms with Crippen molar-refractivity contribution in [3.8, 4) is 6.07 Å². The molecule has 4 heteroatoms. The van der Waals surface area contributed by atoms with Crippen molar-refractivity contribution in [2.24, 2.45) is 5.41 Å². The lowest BCUT2D eigenvalue weighted by Gasteiger charge is -2.14. The largest absolute Gasteiger partial charge is 0.317 e. The highest BCUT2D eigenvalue weighted by Gasteiger charge is 2.14. The van der Waals surface area contributed by atoms with Crippen molar-refractivity contribution < 1.29 is 4.21 Å². The van der Waals surface area contributed by atoms with Gasteiger partial charge in [-0.3, -0.25) is 4.21 Å². The van der Waals surface area contributed by atoms with Crippen LogP contribution in [0.4, 0.5) is 0 Å². The fourth-order valence-corrected chi connectivity index (χ4v) is 1.53. The molecule has 0 spiro atoms. The Labute approximate surface area is 89.3 Å². The van der Waals surface area contributed by atoms with Crippen molar-refractivity contribution in [2.45, 2.75) is 26.7 Å². The molecular weight excluding hydrogens is 196 g/mol. The molecule has 0 amide bonds. The summed E-state index contributed by atoms with van der Waals surface area (Å²) in [6.07, 6.45) is 3.52. The van der Waals surface area contributed by atoms with Gasteiger partial charge in [0.25, 0.3) is 0 Å². The van der Waals surface area contributed by atoms with Crippen molar-refractivity contribution in [3.05, 3.63) is 0 Å². The summed E-state index contributed by atoms with van der Waals surface area (Å²) in [5.41, 5.74) is -0.236. The van der Waals surface area contributed by atoms with Gasteiger partial charge in [0, 0.05) is 22.8 Å². The van der Waals surface area contributed by atoms with Gasteiger partial charge in [0.05, 0.1) is 11.5 Å². The van der Waals surface area contributed by atoms with Crippen molar-refractivity contribution in [1.29, 1.82) is 5.26 Å². The third-order valence-electron chi connectivity index (χ3n) is 2.01. The van der Waals surface area contributed by atoms with Crippen LogP contribution >= 0.6 is 0 Å². The third-order valence-corrected chi connectivity index (χ3v) is 2.88. The lowest BCUT2D eigenvalue weighted by molar-refractivity contribution is 0.433. The van der Waals surface area contributed by atoms with E-state index in [1.807, 2.05) is 13.8 Å². The summed E-state index contributed by atoms with van der Waals surface area (Å²) in [6.45, 7) is 5.63. The lowest BCUT2D eigenvalue weighted by Crippen LogP contribution is -2.23. The molecule has 0 radical (unpaired) electrons. The second-order valence-corrected chi connectivity index (χ2v) is 5.68. The lowest BCUT2D eigenvalue weighted by atomic mass is 9.91. The summed E-state index contributed by atoms with van der Waals surface area (Å²) in [5.74, 6) is 0.759. The molecule has 82 valence electrons. The van der Waals surface area contributed by atoms with Crippen LogP contribution in [0.1, 0.15) is 26.7 Å².